The molecule has 0 saturated carbocycles. The highest BCUT2D eigenvalue weighted by Gasteiger charge is 2.19. The van der Waals surface area contributed by atoms with Crippen molar-refractivity contribution in [2.75, 3.05) is 5.32 Å². The molecule has 2 aromatic heterocycles. The molecule has 3 aromatic rings. The number of hydrogen-bond acceptors (Lipinski definition) is 4. The Balaban J connectivity index is 1.92. The van der Waals surface area contributed by atoms with Crippen LogP contribution in [0.4, 0.5) is 10.3 Å². The van der Waals surface area contributed by atoms with Crippen LogP contribution in [0.5, 0.6) is 0 Å². The molecule has 1 aromatic carbocycles. The predicted molar refractivity (Wildman–Crippen MR) is 94.6 cm³/mol. The van der Waals surface area contributed by atoms with E-state index in [4.69, 9.17) is 0 Å². The van der Waals surface area contributed by atoms with Gasteiger partial charge in [-0.3, -0.25) is 9.78 Å². The second-order valence-electron chi connectivity index (χ2n) is 6.48. The zero-order valence-electron chi connectivity index (χ0n) is 13.5. The average Bonchev–Trinajstić information content (AvgIpc) is 2.93. The van der Waals surface area contributed by atoms with Gasteiger partial charge in [0.25, 0.3) is 5.56 Å². The van der Waals surface area contributed by atoms with Crippen molar-refractivity contribution in [1.82, 2.24) is 19.7 Å². The summed E-state index contributed by atoms with van der Waals surface area (Å²) in [5.74, 6) is -0.0150. The van der Waals surface area contributed by atoms with Gasteiger partial charge in [-0.2, -0.15) is 10.1 Å². The van der Waals surface area contributed by atoms with Crippen molar-refractivity contribution < 1.29 is 4.39 Å². The van der Waals surface area contributed by atoms with Crippen molar-refractivity contribution in [3.8, 4) is 0 Å². The van der Waals surface area contributed by atoms with Crippen LogP contribution in [0.3, 0.4) is 0 Å². The number of fused-ring (bicyclic) bond motifs is 1. The van der Waals surface area contributed by atoms with Gasteiger partial charge >= 0.3 is 0 Å². The molecule has 8 heteroatoms. The zero-order chi connectivity index (χ0) is 17.5. The second kappa shape index (κ2) is 6.01. The summed E-state index contributed by atoms with van der Waals surface area (Å²) in [4.78, 5) is 19.3. The fourth-order valence-corrected chi connectivity index (χ4v) is 2.58. The maximum Gasteiger partial charge on any atom is 0.263 e. The van der Waals surface area contributed by atoms with Crippen molar-refractivity contribution in [2.45, 2.75) is 32.9 Å². The number of H-pyrrole nitrogens is 1. The zero-order valence-corrected chi connectivity index (χ0v) is 15.1. The molecule has 6 nitrogen and oxygen atoms in total. The predicted octanol–water partition coefficient (Wildman–Crippen LogP) is 3.39. The molecule has 0 amide bonds. The quantitative estimate of drug-likeness (QED) is 0.714. The highest BCUT2D eigenvalue weighted by atomic mass is 79.9. The topological polar surface area (TPSA) is 75.6 Å². The summed E-state index contributed by atoms with van der Waals surface area (Å²) in [6.45, 7) is 6.29. The van der Waals surface area contributed by atoms with Crippen molar-refractivity contribution in [3.05, 3.63) is 50.6 Å². The molecule has 0 atom stereocenters. The fourth-order valence-electron chi connectivity index (χ4n) is 2.33. The number of halogens is 2. The molecule has 0 aliphatic rings. The number of nitrogens with one attached hydrogen (secondary N) is 2. The van der Waals surface area contributed by atoms with Crippen LogP contribution in [0.1, 0.15) is 26.3 Å². The van der Waals surface area contributed by atoms with Gasteiger partial charge < -0.3 is 5.32 Å². The van der Waals surface area contributed by atoms with Crippen LogP contribution < -0.4 is 10.9 Å². The first-order chi connectivity index (χ1) is 11.3. The molecule has 0 aliphatic carbocycles. The highest BCUT2D eigenvalue weighted by molar-refractivity contribution is 9.10. The molecule has 126 valence electrons. The van der Waals surface area contributed by atoms with Crippen molar-refractivity contribution in [2.24, 2.45) is 0 Å². The van der Waals surface area contributed by atoms with Crippen molar-refractivity contribution in [1.29, 1.82) is 0 Å². The largest absolute Gasteiger partial charge is 0.352 e. The van der Waals surface area contributed by atoms with Crippen LogP contribution >= 0.6 is 15.9 Å². The van der Waals surface area contributed by atoms with Crippen LogP contribution in [0.25, 0.3) is 11.0 Å². The number of aromatic amines is 1. The lowest BCUT2D eigenvalue weighted by Gasteiger charge is -2.19. The Morgan fingerprint density at radius 2 is 2.12 bits per heavy atom. The van der Waals surface area contributed by atoms with Gasteiger partial charge in [-0.1, -0.05) is 6.07 Å². The lowest BCUT2D eigenvalue weighted by atomic mass is 10.1. The molecule has 0 spiro atoms. The molecule has 0 unspecified atom stereocenters. The van der Waals surface area contributed by atoms with E-state index in [1.54, 1.807) is 16.8 Å². The minimum Gasteiger partial charge on any atom is -0.352 e. The van der Waals surface area contributed by atoms with E-state index in [1.807, 2.05) is 20.8 Å². The Labute approximate surface area is 146 Å². The summed E-state index contributed by atoms with van der Waals surface area (Å²) in [7, 11) is 0. The molecule has 2 heterocycles. The van der Waals surface area contributed by atoms with Gasteiger partial charge in [-0.25, -0.2) is 9.07 Å². The maximum absolute atomic E-state index is 13.6. The summed E-state index contributed by atoms with van der Waals surface area (Å²) in [5.41, 5.74) is 0.688. The Morgan fingerprint density at radius 1 is 1.38 bits per heavy atom. The van der Waals surface area contributed by atoms with Crippen LogP contribution in [-0.4, -0.2) is 19.7 Å². The summed E-state index contributed by atoms with van der Waals surface area (Å²) < 4.78 is 15.7. The Morgan fingerprint density at radius 3 is 2.79 bits per heavy atom. The van der Waals surface area contributed by atoms with E-state index >= 15 is 0 Å². The number of rotatable bonds is 3. The molecular formula is C16H17BrFN5O. The third-order valence-electron chi connectivity index (χ3n) is 3.52. The number of aromatic nitrogens is 4. The molecule has 0 aliphatic heterocycles. The van der Waals surface area contributed by atoms with Crippen LogP contribution in [0, 0.1) is 5.82 Å². The fraction of sp³-hybridized carbons (Fsp3) is 0.312. The van der Waals surface area contributed by atoms with E-state index in [-0.39, 0.29) is 16.9 Å². The SMILES string of the molecule is CC(C)(C)n1ncc2c(=O)[nH]c(NCc3ccc(Br)c(F)c3)nc21. The lowest BCUT2D eigenvalue weighted by Crippen LogP contribution is -2.24. The third-order valence-corrected chi connectivity index (χ3v) is 4.16. The number of hydrogen-bond donors (Lipinski definition) is 2. The Kier molecular flexibility index (Phi) is 4.16. The standard InChI is InChI=1S/C16H17BrFN5O/c1-16(2,3)23-13-10(8-20-23)14(24)22-15(21-13)19-7-9-4-5-11(17)12(18)6-9/h4-6,8H,7H2,1-3H3,(H2,19,21,22,24). The molecule has 0 radical (unpaired) electrons. The summed E-state index contributed by atoms with van der Waals surface area (Å²) >= 11 is 3.12. The number of benzene rings is 1. The lowest BCUT2D eigenvalue weighted by molar-refractivity contribution is 0.366. The number of anilines is 1. The molecular weight excluding hydrogens is 377 g/mol. The maximum atomic E-state index is 13.6. The highest BCUT2D eigenvalue weighted by Crippen LogP contribution is 2.19. The van der Waals surface area contributed by atoms with Gasteiger partial charge in [0, 0.05) is 6.54 Å². The summed E-state index contributed by atoms with van der Waals surface area (Å²) in [6.07, 6.45) is 1.51. The monoisotopic (exact) mass is 393 g/mol. The molecule has 0 bridgehead atoms. The van der Waals surface area contributed by atoms with Crippen LogP contribution in [0.15, 0.2) is 33.7 Å². The van der Waals surface area contributed by atoms with Crippen LogP contribution in [-0.2, 0) is 12.1 Å². The van der Waals surface area contributed by atoms with Gasteiger partial charge in [0.15, 0.2) is 5.65 Å². The molecule has 0 saturated heterocycles. The van der Waals surface area contributed by atoms with E-state index in [1.165, 1.54) is 12.3 Å². The number of nitrogens with zero attached hydrogens (tertiary/aromatic N) is 3. The minimum absolute atomic E-state index is 0.264. The Hall–Kier alpha value is -2.22. The van der Waals surface area contributed by atoms with Crippen molar-refractivity contribution in [3.63, 3.8) is 0 Å². The van der Waals surface area contributed by atoms with Gasteiger partial charge in [-0.05, 0) is 54.4 Å². The first kappa shape index (κ1) is 16.6. The normalized spacial score (nSPS) is 11.9. The molecule has 0 fully saturated rings. The first-order valence-corrected chi connectivity index (χ1v) is 8.21. The minimum atomic E-state index is -0.336. The molecule has 3 rings (SSSR count). The van der Waals surface area contributed by atoms with Gasteiger partial charge in [0.05, 0.1) is 16.2 Å². The third kappa shape index (κ3) is 3.19. The first-order valence-electron chi connectivity index (χ1n) is 7.42. The summed E-state index contributed by atoms with van der Waals surface area (Å²) in [5, 5.41) is 7.71. The van der Waals surface area contributed by atoms with Gasteiger partial charge in [0.1, 0.15) is 11.2 Å². The average molecular weight is 394 g/mol. The van der Waals surface area contributed by atoms with E-state index in [9.17, 15) is 9.18 Å². The molecule has 2 N–H and O–H groups in total. The van der Waals surface area contributed by atoms with E-state index < -0.39 is 0 Å². The van der Waals surface area contributed by atoms with E-state index in [0.717, 1.165) is 5.56 Å². The summed E-state index contributed by atoms with van der Waals surface area (Å²) in [6, 6.07) is 4.85. The van der Waals surface area contributed by atoms with E-state index in [2.05, 4.69) is 36.3 Å². The van der Waals surface area contributed by atoms with Gasteiger partial charge in [-0.15, -0.1) is 0 Å². The Bertz CT molecular complexity index is 957. The van der Waals surface area contributed by atoms with E-state index in [0.29, 0.717) is 28.0 Å². The second-order valence-corrected chi connectivity index (χ2v) is 7.34. The van der Waals surface area contributed by atoms with Crippen molar-refractivity contribution >= 4 is 32.9 Å². The smallest absolute Gasteiger partial charge is 0.263 e. The van der Waals surface area contributed by atoms with Crippen LogP contribution in [0.2, 0.25) is 0 Å². The van der Waals surface area contributed by atoms with Gasteiger partial charge in [0.2, 0.25) is 5.95 Å². The molecule has 24 heavy (non-hydrogen) atoms.